The predicted molar refractivity (Wildman–Crippen MR) is 107 cm³/mol. The summed E-state index contributed by atoms with van der Waals surface area (Å²) >= 11 is 0. The van der Waals surface area contributed by atoms with Crippen LogP contribution in [0.2, 0.25) is 0 Å². The Morgan fingerprint density at radius 2 is 2.00 bits per heavy atom. The average Bonchev–Trinajstić information content (AvgIpc) is 2.69. The Balaban J connectivity index is 1.41. The van der Waals surface area contributed by atoms with Gasteiger partial charge in [0, 0.05) is 49.8 Å². The number of aromatic nitrogens is 1. The van der Waals surface area contributed by atoms with Crippen molar-refractivity contribution in [3.05, 3.63) is 54.4 Å². The minimum Gasteiger partial charge on any atom is -0.494 e. The number of rotatable bonds is 7. The summed E-state index contributed by atoms with van der Waals surface area (Å²) in [7, 11) is 0. The third-order valence-corrected chi connectivity index (χ3v) is 4.64. The highest BCUT2D eigenvalue weighted by atomic mass is 16.5. The summed E-state index contributed by atoms with van der Waals surface area (Å²) in [6, 6.07) is 11.7. The van der Waals surface area contributed by atoms with Crippen molar-refractivity contribution in [2.75, 3.05) is 25.0 Å². The Kier molecular flexibility index (Phi) is 7.04. The number of nitrogens with one attached hydrogen (secondary N) is 2. The van der Waals surface area contributed by atoms with Crippen molar-refractivity contribution in [2.24, 2.45) is 0 Å². The number of carbonyl (C=O) groups is 1. The summed E-state index contributed by atoms with van der Waals surface area (Å²) in [6.45, 7) is 5.64. The molecular weight excluding hydrogens is 340 g/mol. The first-order valence-corrected chi connectivity index (χ1v) is 9.64. The minimum absolute atomic E-state index is 0.157. The molecule has 2 amide bonds. The molecule has 27 heavy (non-hydrogen) atoms. The van der Waals surface area contributed by atoms with Gasteiger partial charge in [-0.05, 0) is 49.1 Å². The van der Waals surface area contributed by atoms with Gasteiger partial charge in [0.1, 0.15) is 5.75 Å². The maximum Gasteiger partial charge on any atom is 0.319 e. The van der Waals surface area contributed by atoms with E-state index in [1.807, 2.05) is 36.7 Å². The Morgan fingerprint density at radius 1 is 1.22 bits per heavy atom. The first-order valence-electron chi connectivity index (χ1n) is 9.64. The molecule has 0 aliphatic carbocycles. The van der Waals surface area contributed by atoms with Gasteiger partial charge in [-0.25, -0.2) is 4.79 Å². The summed E-state index contributed by atoms with van der Waals surface area (Å²) < 4.78 is 5.61. The number of piperidine rings is 1. The third-order valence-electron chi connectivity index (χ3n) is 4.64. The average molecular weight is 368 g/mol. The topological polar surface area (TPSA) is 66.5 Å². The molecule has 6 heteroatoms. The van der Waals surface area contributed by atoms with Crippen LogP contribution in [0, 0.1) is 0 Å². The molecule has 2 heterocycles. The van der Waals surface area contributed by atoms with Crippen LogP contribution in [0.25, 0.3) is 0 Å². The van der Waals surface area contributed by atoms with E-state index in [2.05, 4.69) is 39.6 Å². The van der Waals surface area contributed by atoms with E-state index in [0.29, 0.717) is 6.61 Å². The smallest absolute Gasteiger partial charge is 0.319 e. The van der Waals surface area contributed by atoms with E-state index in [1.54, 1.807) is 0 Å². The molecule has 0 saturated carbocycles. The largest absolute Gasteiger partial charge is 0.494 e. The number of likely N-dealkylation sites (tertiary alicyclic amines) is 1. The van der Waals surface area contributed by atoms with Gasteiger partial charge in [0.15, 0.2) is 0 Å². The zero-order valence-corrected chi connectivity index (χ0v) is 15.9. The van der Waals surface area contributed by atoms with Crippen molar-refractivity contribution in [3.8, 4) is 5.75 Å². The highest BCUT2D eigenvalue weighted by Crippen LogP contribution is 2.18. The van der Waals surface area contributed by atoms with Gasteiger partial charge < -0.3 is 15.4 Å². The van der Waals surface area contributed by atoms with Gasteiger partial charge in [-0.1, -0.05) is 13.0 Å². The van der Waals surface area contributed by atoms with Gasteiger partial charge in [0.05, 0.1) is 6.61 Å². The monoisotopic (exact) mass is 368 g/mol. The molecular formula is C21H28N4O2. The third kappa shape index (κ3) is 6.25. The molecule has 144 valence electrons. The van der Waals surface area contributed by atoms with E-state index in [0.717, 1.165) is 50.3 Å². The SMILES string of the molecule is CCCOc1cccc(NC(=O)NC2CCN(Cc3ccncc3)CC2)c1. The molecule has 1 aromatic carbocycles. The van der Waals surface area contributed by atoms with Crippen LogP contribution >= 0.6 is 0 Å². The van der Waals surface area contributed by atoms with E-state index >= 15 is 0 Å². The normalized spacial score (nSPS) is 15.3. The van der Waals surface area contributed by atoms with E-state index in [9.17, 15) is 4.79 Å². The number of nitrogens with zero attached hydrogens (tertiary/aromatic N) is 2. The van der Waals surface area contributed by atoms with Crippen LogP contribution in [0.5, 0.6) is 5.75 Å². The number of anilines is 1. The lowest BCUT2D eigenvalue weighted by atomic mass is 10.0. The molecule has 6 nitrogen and oxygen atoms in total. The number of hydrogen-bond acceptors (Lipinski definition) is 4. The van der Waals surface area contributed by atoms with Crippen molar-refractivity contribution >= 4 is 11.7 Å². The fourth-order valence-corrected chi connectivity index (χ4v) is 3.22. The van der Waals surface area contributed by atoms with Crippen molar-refractivity contribution in [3.63, 3.8) is 0 Å². The molecule has 0 unspecified atom stereocenters. The molecule has 2 aromatic rings. The summed E-state index contributed by atoms with van der Waals surface area (Å²) in [4.78, 5) is 18.8. The summed E-state index contributed by atoms with van der Waals surface area (Å²) in [6.07, 6.45) is 6.53. The summed E-state index contributed by atoms with van der Waals surface area (Å²) in [5.41, 5.74) is 2.02. The molecule has 1 saturated heterocycles. The van der Waals surface area contributed by atoms with Crippen molar-refractivity contribution < 1.29 is 9.53 Å². The Hall–Kier alpha value is -2.60. The van der Waals surface area contributed by atoms with E-state index in [1.165, 1.54) is 5.56 Å². The maximum absolute atomic E-state index is 12.3. The Morgan fingerprint density at radius 3 is 2.74 bits per heavy atom. The maximum atomic E-state index is 12.3. The van der Waals surface area contributed by atoms with Gasteiger partial charge >= 0.3 is 6.03 Å². The fraction of sp³-hybridized carbons (Fsp3) is 0.429. The first-order chi connectivity index (χ1) is 13.2. The molecule has 0 bridgehead atoms. The Bertz CT molecular complexity index is 715. The lowest BCUT2D eigenvalue weighted by Gasteiger charge is -2.32. The van der Waals surface area contributed by atoms with Crippen LogP contribution in [0.15, 0.2) is 48.8 Å². The fourth-order valence-electron chi connectivity index (χ4n) is 3.22. The van der Waals surface area contributed by atoms with Crippen molar-refractivity contribution in [1.29, 1.82) is 0 Å². The minimum atomic E-state index is -0.157. The number of ether oxygens (including phenoxy) is 1. The van der Waals surface area contributed by atoms with Crippen LogP contribution in [0.4, 0.5) is 10.5 Å². The molecule has 1 aliphatic heterocycles. The highest BCUT2D eigenvalue weighted by Gasteiger charge is 2.20. The number of benzene rings is 1. The number of hydrogen-bond donors (Lipinski definition) is 2. The molecule has 3 rings (SSSR count). The van der Waals surface area contributed by atoms with Gasteiger partial charge in [-0.2, -0.15) is 0 Å². The van der Waals surface area contributed by atoms with E-state index in [-0.39, 0.29) is 12.1 Å². The lowest BCUT2D eigenvalue weighted by Crippen LogP contribution is -2.45. The van der Waals surface area contributed by atoms with Gasteiger partial charge in [-0.15, -0.1) is 0 Å². The summed E-state index contributed by atoms with van der Waals surface area (Å²) in [5.74, 6) is 0.777. The highest BCUT2D eigenvalue weighted by molar-refractivity contribution is 5.89. The first kappa shape index (κ1) is 19.2. The lowest BCUT2D eigenvalue weighted by molar-refractivity contribution is 0.190. The van der Waals surface area contributed by atoms with Gasteiger partial charge in [0.25, 0.3) is 0 Å². The van der Waals surface area contributed by atoms with Crippen LogP contribution in [0.3, 0.4) is 0 Å². The second kappa shape index (κ2) is 9.92. The van der Waals surface area contributed by atoms with Crippen LogP contribution in [-0.2, 0) is 6.54 Å². The number of carbonyl (C=O) groups excluding carboxylic acids is 1. The number of urea groups is 1. The molecule has 0 atom stereocenters. The zero-order chi connectivity index (χ0) is 18.9. The molecule has 1 aliphatic rings. The number of pyridine rings is 1. The predicted octanol–water partition coefficient (Wildman–Crippen LogP) is 3.66. The number of amides is 2. The second-order valence-corrected chi connectivity index (χ2v) is 6.88. The molecule has 0 radical (unpaired) electrons. The summed E-state index contributed by atoms with van der Waals surface area (Å²) in [5, 5.41) is 5.99. The Labute approximate surface area is 160 Å². The van der Waals surface area contributed by atoms with Crippen molar-refractivity contribution in [2.45, 2.75) is 38.8 Å². The molecule has 1 fully saturated rings. The molecule has 1 aromatic heterocycles. The van der Waals surface area contributed by atoms with Gasteiger partial charge in [-0.3, -0.25) is 9.88 Å². The van der Waals surface area contributed by atoms with Crippen LogP contribution in [-0.4, -0.2) is 41.7 Å². The molecule has 0 spiro atoms. The zero-order valence-electron chi connectivity index (χ0n) is 15.9. The standard InChI is InChI=1S/C21H28N4O2/c1-2-14-27-20-5-3-4-19(15-20)24-21(26)23-18-8-12-25(13-9-18)16-17-6-10-22-11-7-17/h3-7,10-11,15,18H,2,8-9,12-14,16H2,1H3,(H2,23,24,26). The van der Waals surface area contributed by atoms with E-state index < -0.39 is 0 Å². The van der Waals surface area contributed by atoms with Crippen LogP contribution < -0.4 is 15.4 Å². The van der Waals surface area contributed by atoms with Crippen LogP contribution in [0.1, 0.15) is 31.7 Å². The molecule has 2 N–H and O–H groups in total. The van der Waals surface area contributed by atoms with Gasteiger partial charge in [0.2, 0.25) is 0 Å². The second-order valence-electron chi connectivity index (χ2n) is 6.88. The van der Waals surface area contributed by atoms with Crippen molar-refractivity contribution in [1.82, 2.24) is 15.2 Å². The quantitative estimate of drug-likeness (QED) is 0.783. The van der Waals surface area contributed by atoms with E-state index in [4.69, 9.17) is 4.74 Å².